The highest BCUT2D eigenvalue weighted by Gasteiger charge is 2.19. The molecule has 1 fully saturated rings. The van der Waals surface area contributed by atoms with Gasteiger partial charge in [-0.1, -0.05) is 5.16 Å². The maximum absolute atomic E-state index is 11.7. The van der Waals surface area contributed by atoms with Gasteiger partial charge in [0, 0.05) is 51.9 Å². The highest BCUT2D eigenvalue weighted by atomic mass is 16.5. The van der Waals surface area contributed by atoms with E-state index in [1.807, 2.05) is 17.9 Å². The van der Waals surface area contributed by atoms with E-state index in [1.54, 1.807) is 0 Å². The summed E-state index contributed by atoms with van der Waals surface area (Å²) in [6, 6.07) is 3.41. The first-order valence-electron chi connectivity index (χ1n) is 7.23. The van der Waals surface area contributed by atoms with E-state index >= 15 is 0 Å². The van der Waals surface area contributed by atoms with Crippen molar-refractivity contribution >= 4 is 5.82 Å². The topological polar surface area (TPSA) is 87.4 Å². The van der Waals surface area contributed by atoms with Crippen LogP contribution in [0, 0.1) is 6.92 Å². The smallest absolute Gasteiger partial charge is 0.329 e. The number of aryl methyl sites for hydroxylation is 1. The number of anilines is 1. The van der Waals surface area contributed by atoms with Gasteiger partial charge >= 0.3 is 5.69 Å². The van der Waals surface area contributed by atoms with Gasteiger partial charge in [-0.05, 0) is 6.92 Å². The third kappa shape index (κ3) is 2.96. The molecule has 0 aliphatic carbocycles. The Labute approximate surface area is 126 Å². The number of piperazine rings is 1. The molecule has 0 unspecified atom stereocenters. The van der Waals surface area contributed by atoms with Crippen molar-refractivity contribution in [3.05, 3.63) is 44.4 Å². The lowest BCUT2D eigenvalue weighted by Crippen LogP contribution is -2.47. The highest BCUT2D eigenvalue weighted by molar-refractivity contribution is 5.37. The lowest BCUT2D eigenvalue weighted by molar-refractivity contribution is 0.241. The van der Waals surface area contributed by atoms with E-state index in [0.717, 1.165) is 48.7 Å². The van der Waals surface area contributed by atoms with E-state index in [9.17, 15) is 9.59 Å². The van der Waals surface area contributed by atoms with Crippen molar-refractivity contribution in [3.63, 3.8) is 0 Å². The largest absolute Gasteiger partial charge is 0.361 e. The van der Waals surface area contributed by atoms with E-state index in [1.165, 1.54) is 13.1 Å². The second kappa shape index (κ2) is 5.80. The molecule has 118 valence electrons. The molecule has 3 heterocycles. The van der Waals surface area contributed by atoms with Crippen LogP contribution in [0.3, 0.4) is 0 Å². The van der Waals surface area contributed by atoms with Crippen LogP contribution in [0.1, 0.15) is 11.5 Å². The van der Waals surface area contributed by atoms with Crippen molar-refractivity contribution in [2.75, 3.05) is 31.1 Å². The Kier molecular flexibility index (Phi) is 3.84. The second-order valence-electron chi connectivity index (χ2n) is 5.55. The van der Waals surface area contributed by atoms with E-state index in [4.69, 9.17) is 4.52 Å². The quantitative estimate of drug-likeness (QED) is 0.837. The Morgan fingerprint density at radius 2 is 1.95 bits per heavy atom. The van der Waals surface area contributed by atoms with E-state index < -0.39 is 0 Å². The van der Waals surface area contributed by atoms with Crippen molar-refractivity contribution < 1.29 is 4.52 Å². The predicted molar refractivity (Wildman–Crippen MR) is 81.0 cm³/mol. The maximum Gasteiger partial charge on any atom is 0.329 e. The number of hydrogen-bond acceptors (Lipinski definition) is 6. The molecule has 1 N–H and O–H groups in total. The summed E-state index contributed by atoms with van der Waals surface area (Å²) in [5.74, 6) is 1.40. The van der Waals surface area contributed by atoms with Crippen LogP contribution in [0.2, 0.25) is 0 Å². The molecule has 3 rings (SSSR count). The summed E-state index contributed by atoms with van der Waals surface area (Å²) >= 11 is 0. The Morgan fingerprint density at radius 1 is 1.23 bits per heavy atom. The minimum atomic E-state index is -0.386. The molecule has 0 radical (unpaired) electrons. The normalized spacial score (nSPS) is 16.2. The van der Waals surface area contributed by atoms with Gasteiger partial charge in [-0.3, -0.25) is 19.2 Å². The van der Waals surface area contributed by atoms with Gasteiger partial charge in [-0.25, -0.2) is 4.79 Å². The molecule has 0 amide bonds. The van der Waals surface area contributed by atoms with Gasteiger partial charge in [0.2, 0.25) is 0 Å². The molecule has 0 saturated carbocycles. The fourth-order valence-corrected chi connectivity index (χ4v) is 2.58. The molecule has 0 aromatic carbocycles. The first-order valence-corrected chi connectivity index (χ1v) is 7.23. The summed E-state index contributed by atoms with van der Waals surface area (Å²) in [5.41, 5.74) is 0.246. The van der Waals surface area contributed by atoms with Gasteiger partial charge in [-0.15, -0.1) is 0 Å². The van der Waals surface area contributed by atoms with Gasteiger partial charge in [0.1, 0.15) is 11.6 Å². The fraction of sp³-hybridized carbons (Fsp3) is 0.500. The molecular formula is C14H19N5O3. The maximum atomic E-state index is 11.7. The van der Waals surface area contributed by atoms with Crippen LogP contribution in [0.25, 0.3) is 0 Å². The summed E-state index contributed by atoms with van der Waals surface area (Å²) in [6.45, 7) is 5.80. The van der Waals surface area contributed by atoms with Crippen LogP contribution in [0.4, 0.5) is 5.82 Å². The molecule has 2 aromatic heterocycles. The average Bonchev–Trinajstić information content (AvgIpc) is 2.90. The number of rotatable bonds is 3. The summed E-state index contributed by atoms with van der Waals surface area (Å²) in [4.78, 5) is 30.4. The van der Waals surface area contributed by atoms with E-state index in [0.29, 0.717) is 5.82 Å². The molecule has 22 heavy (non-hydrogen) atoms. The van der Waals surface area contributed by atoms with Crippen LogP contribution >= 0.6 is 0 Å². The third-order valence-corrected chi connectivity index (χ3v) is 3.91. The van der Waals surface area contributed by atoms with Gasteiger partial charge in [0.15, 0.2) is 0 Å². The van der Waals surface area contributed by atoms with Crippen LogP contribution in [0.15, 0.2) is 26.2 Å². The molecule has 2 aromatic rings. The van der Waals surface area contributed by atoms with E-state index in [-0.39, 0.29) is 11.2 Å². The molecule has 1 aliphatic rings. The van der Waals surface area contributed by atoms with Crippen LogP contribution in [-0.2, 0) is 13.6 Å². The minimum absolute atomic E-state index is 0.292. The zero-order valence-electron chi connectivity index (χ0n) is 12.7. The van der Waals surface area contributed by atoms with Gasteiger partial charge in [0.05, 0.1) is 5.69 Å². The minimum Gasteiger partial charge on any atom is -0.361 e. The van der Waals surface area contributed by atoms with Crippen molar-refractivity contribution in [1.29, 1.82) is 0 Å². The summed E-state index contributed by atoms with van der Waals surface area (Å²) in [5, 5.41) is 4.00. The molecule has 1 saturated heterocycles. The molecule has 8 heteroatoms. The van der Waals surface area contributed by atoms with Crippen LogP contribution < -0.4 is 16.1 Å². The first-order chi connectivity index (χ1) is 10.5. The standard InChI is InChI=1S/C14H19N5O3/c1-10-7-11(16-22-10)9-18-3-5-19(6-4-18)12-8-13(20)17(2)14(21)15-12/h7-8H,3-6,9H2,1-2H3,(H,15,21). The van der Waals surface area contributed by atoms with Gasteiger partial charge in [0.25, 0.3) is 5.56 Å². The van der Waals surface area contributed by atoms with Crippen molar-refractivity contribution in [1.82, 2.24) is 19.6 Å². The number of nitrogens with zero attached hydrogens (tertiary/aromatic N) is 4. The first kappa shape index (κ1) is 14.6. The van der Waals surface area contributed by atoms with Crippen molar-refractivity contribution in [2.45, 2.75) is 13.5 Å². The summed E-state index contributed by atoms with van der Waals surface area (Å²) < 4.78 is 6.13. The molecule has 8 nitrogen and oxygen atoms in total. The molecular weight excluding hydrogens is 286 g/mol. The number of nitrogens with one attached hydrogen (secondary N) is 1. The second-order valence-corrected chi connectivity index (χ2v) is 5.55. The highest BCUT2D eigenvalue weighted by Crippen LogP contribution is 2.12. The number of aromatic nitrogens is 3. The predicted octanol–water partition coefficient (Wildman–Crippen LogP) is -0.308. The van der Waals surface area contributed by atoms with Crippen LogP contribution in [-0.4, -0.2) is 45.8 Å². The average molecular weight is 305 g/mol. The van der Waals surface area contributed by atoms with E-state index in [2.05, 4.69) is 15.0 Å². The number of H-pyrrole nitrogens is 1. The third-order valence-electron chi connectivity index (χ3n) is 3.91. The Bertz CT molecular complexity index is 736. The van der Waals surface area contributed by atoms with Crippen molar-refractivity contribution in [3.8, 4) is 0 Å². The number of hydrogen-bond donors (Lipinski definition) is 1. The Hall–Kier alpha value is -2.35. The Balaban J connectivity index is 1.64. The monoisotopic (exact) mass is 305 g/mol. The SMILES string of the molecule is Cc1cc(CN2CCN(c3cc(=O)n(C)c(=O)[nH]3)CC2)no1. The van der Waals surface area contributed by atoms with Gasteiger partial charge < -0.3 is 9.42 Å². The number of aromatic amines is 1. The Morgan fingerprint density at radius 3 is 2.55 bits per heavy atom. The molecule has 0 spiro atoms. The lowest BCUT2D eigenvalue weighted by atomic mass is 10.2. The zero-order chi connectivity index (χ0) is 15.7. The molecule has 0 bridgehead atoms. The van der Waals surface area contributed by atoms with Crippen molar-refractivity contribution in [2.24, 2.45) is 7.05 Å². The fourth-order valence-electron chi connectivity index (χ4n) is 2.58. The van der Waals surface area contributed by atoms with Crippen LogP contribution in [0.5, 0.6) is 0 Å². The summed E-state index contributed by atoms with van der Waals surface area (Å²) in [6.07, 6.45) is 0. The molecule has 1 aliphatic heterocycles. The zero-order valence-corrected chi connectivity index (χ0v) is 12.7. The summed E-state index contributed by atoms with van der Waals surface area (Å²) in [7, 11) is 1.46. The lowest BCUT2D eigenvalue weighted by Gasteiger charge is -2.35. The van der Waals surface area contributed by atoms with Gasteiger partial charge in [-0.2, -0.15) is 0 Å². The molecule has 0 atom stereocenters.